The maximum absolute atomic E-state index is 12.6. The molecule has 0 saturated carbocycles. The van der Waals surface area contributed by atoms with Gasteiger partial charge in [0, 0.05) is 19.4 Å². The predicted molar refractivity (Wildman–Crippen MR) is 221 cm³/mol. The zero-order chi connectivity index (χ0) is 39.8. The SMILES string of the molecule is CCCCCCCC/C=C\CCCCCCCC(=O)O[C@H](COC(=O)CCC/C=C\C/C=C\C/C=C\C/C=C\CC[C@@H](O)CC)COP(=O)(O)OCCN. The van der Waals surface area contributed by atoms with Gasteiger partial charge in [-0.25, -0.2) is 4.57 Å². The first-order valence-electron chi connectivity index (χ1n) is 20.8. The van der Waals surface area contributed by atoms with Crippen molar-refractivity contribution in [1.82, 2.24) is 0 Å². The van der Waals surface area contributed by atoms with Gasteiger partial charge in [0.1, 0.15) is 6.61 Å². The number of phosphoric acid groups is 1. The highest BCUT2D eigenvalue weighted by Crippen LogP contribution is 2.43. The summed E-state index contributed by atoms with van der Waals surface area (Å²) in [5.74, 6) is -0.927. The van der Waals surface area contributed by atoms with E-state index >= 15 is 0 Å². The Kier molecular flexibility index (Phi) is 37.2. The fourth-order valence-corrected chi connectivity index (χ4v) is 6.01. The molecule has 0 aromatic heterocycles. The molecule has 0 rings (SSSR count). The van der Waals surface area contributed by atoms with Gasteiger partial charge < -0.3 is 25.2 Å². The number of aliphatic hydroxyl groups is 1. The van der Waals surface area contributed by atoms with Crippen LogP contribution in [-0.4, -0.2) is 60.5 Å². The Labute approximate surface area is 328 Å². The Balaban J connectivity index is 4.31. The lowest BCUT2D eigenvalue weighted by Crippen LogP contribution is -2.29. The van der Waals surface area contributed by atoms with Gasteiger partial charge in [-0.05, 0) is 83.5 Å². The van der Waals surface area contributed by atoms with Crippen LogP contribution in [0.2, 0.25) is 0 Å². The zero-order valence-corrected chi connectivity index (χ0v) is 34.7. The molecule has 0 aliphatic rings. The second kappa shape index (κ2) is 38.9. The van der Waals surface area contributed by atoms with Crippen molar-refractivity contribution in [2.45, 2.75) is 174 Å². The average Bonchev–Trinajstić information content (AvgIpc) is 3.16. The smallest absolute Gasteiger partial charge is 0.462 e. The minimum absolute atomic E-state index is 0.0371. The number of esters is 2. The van der Waals surface area contributed by atoms with Crippen molar-refractivity contribution in [3.63, 3.8) is 0 Å². The summed E-state index contributed by atoms with van der Waals surface area (Å²) in [6.45, 7) is 3.35. The highest BCUT2D eigenvalue weighted by molar-refractivity contribution is 7.47. The van der Waals surface area contributed by atoms with Gasteiger partial charge >= 0.3 is 19.8 Å². The number of ether oxygens (including phenoxy) is 2. The van der Waals surface area contributed by atoms with Crippen LogP contribution in [0.25, 0.3) is 0 Å². The molecule has 0 radical (unpaired) electrons. The Hall–Kier alpha value is -2.33. The number of carbonyl (C=O) groups is 2. The van der Waals surface area contributed by atoms with E-state index in [0.29, 0.717) is 19.3 Å². The van der Waals surface area contributed by atoms with E-state index in [1.807, 2.05) is 13.0 Å². The maximum atomic E-state index is 12.6. The Morgan fingerprint density at radius 2 is 1.13 bits per heavy atom. The summed E-state index contributed by atoms with van der Waals surface area (Å²) in [5, 5.41) is 9.55. The highest BCUT2D eigenvalue weighted by atomic mass is 31.2. The molecule has 0 fully saturated rings. The van der Waals surface area contributed by atoms with Gasteiger partial charge in [-0.2, -0.15) is 0 Å². The Morgan fingerprint density at radius 3 is 1.72 bits per heavy atom. The molecule has 312 valence electrons. The quantitative estimate of drug-likeness (QED) is 0.0239. The molecule has 11 heteroatoms. The molecular formula is C43H76NO9P. The van der Waals surface area contributed by atoms with E-state index in [1.165, 1.54) is 44.9 Å². The van der Waals surface area contributed by atoms with Gasteiger partial charge in [0.15, 0.2) is 6.10 Å². The standard InChI is InChI=1S/C43H76NO9P/c1-3-5-6-7-8-9-10-11-12-17-20-23-26-29-32-35-43(47)53-41(39-52-54(48,49)51-37-36-44)38-50-42(46)34-31-28-25-22-19-16-14-13-15-18-21-24-27-30-33-40(45)4-2/h11-12,14-16,18,22,24-25,27,40-41,45H,3-10,13,17,19-21,23,26,28-39,44H2,1-2H3,(H,48,49)/b12-11-,16-14-,18-15-,25-22-,27-24-/t40-,41+/m0/s1. The van der Waals surface area contributed by atoms with E-state index in [2.05, 4.69) is 61.6 Å². The van der Waals surface area contributed by atoms with Crippen molar-refractivity contribution in [3.05, 3.63) is 60.8 Å². The van der Waals surface area contributed by atoms with Gasteiger partial charge in [0.05, 0.1) is 19.3 Å². The molecule has 0 bridgehead atoms. The van der Waals surface area contributed by atoms with Crippen molar-refractivity contribution in [3.8, 4) is 0 Å². The van der Waals surface area contributed by atoms with Crippen molar-refractivity contribution >= 4 is 19.8 Å². The summed E-state index contributed by atoms with van der Waals surface area (Å²) in [4.78, 5) is 34.8. The third kappa shape index (κ3) is 38.0. The summed E-state index contributed by atoms with van der Waals surface area (Å²) in [6.07, 6.45) is 42.0. The number of allylic oxidation sites excluding steroid dienone is 10. The average molecular weight is 782 g/mol. The molecule has 10 nitrogen and oxygen atoms in total. The molecule has 0 saturated heterocycles. The summed E-state index contributed by atoms with van der Waals surface area (Å²) >= 11 is 0. The number of aliphatic hydroxyl groups excluding tert-OH is 1. The highest BCUT2D eigenvalue weighted by Gasteiger charge is 2.25. The fraction of sp³-hybridized carbons (Fsp3) is 0.721. The summed E-state index contributed by atoms with van der Waals surface area (Å²) in [6, 6.07) is 0. The van der Waals surface area contributed by atoms with Crippen LogP contribution >= 0.6 is 7.82 Å². The van der Waals surface area contributed by atoms with E-state index in [9.17, 15) is 24.2 Å². The van der Waals surface area contributed by atoms with Gasteiger partial charge in [-0.1, -0.05) is 126 Å². The molecule has 4 N–H and O–H groups in total. The molecule has 0 aliphatic carbocycles. The monoisotopic (exact) mass is 782 g/mol. The van der Waals surface area contributed by atoms with Crippen LogP contribution in [-0.2, 0) is 32.7 Å². The molecule has 0 heterocycles. The van der Waals surface area contributed by atoms with E-state index < -0.39 is 32.5 Å². The first kappa shape index (κ1) is 51.7. The molecule has 1 unspecified atom stereocenters. The minimum Gasteiger partial charge on any atom is -0.462 e. The van der Waals surface area contributed by atoms with Crippen molar-refractivity contribution < 1.29 is 42.7 Å². The van der Waals surface area contributed by atoms with Gasteiger partial charge in [0.25, 0.3) is 0 Å². The summed E-state index contributed by atoms with van der Waals surface area (Å²) < 4.78 is 32.6. The molecule has 0 aromatic carbocycles. The van der Waals surface area contributed by atoms with Gasteiger partial charge in [-0.3, -0.25) is 18.6 Å². The van der Waals surface area contributed by atoms with Gasteiger partial charge in [-0.15, -0.1) is 0 Å². The van der Waals surface area contributed by atoms with Crippen LogP contribution in [0.5, 0.6) is 0 Å². The number of phosphoric ester groups is 1. The molecule has 0 spiro atoms. The lowest BCUT2D eigenvalue weighted by Gasteiger charge is -2.19. The first-order chi connectivity index (χ1) is 26.2. The molecule has 0 aliphatic heterocycles. The number of unbranched alkanes of at least 4 members (excludes halogenated alkanes) is 12. The molecule has 0 amide bonds. The molecular weight excluding hydrogens is 705 g/mol. The number of nitrogens with two attached hydrogens (primary N) is 1. The number of carbonyl (C=O) groups excluding carboxylic acids is 2. The van der Waals surface area contributed by atoms with Crippen LogP contribution in [0.1, 0.15) is 162 Å². The number of hydrogen-bond donors (Lipinski definition) is 3. The summed E-state index contributed by atoms with van der Waals surface area (Å²) in [7, 11) is -4.40. The topological polar surface area (TPSA) is 155 Å². The second-order valence-corrected chi connectivity index (χ2v) is 15.1. The number of hydrogen-bond acceptors (Lipinski definition) is 9. The van der Waals surface area contributed by atoms with E-state index in [-0.39, 0.29) is 38.7 Å². The fourth-order valence-electron chi connectivity index (χ4n) is 5.25. The van der Waals surface area contributed by atoms with Crippen LogP contribution in [0.4, 0.5) is 0 Å². The number of rotatable bonds is 38. The second-order valence-electron chi connectivity index (χ2n) is 13.6. The lowest BCUT2D eigenvalue weighted by molar-refractivity contribution is -0.161. The first-order valence-corrected chi connectivity index (χ1v) is 22.3. The largest absolute Gasteiger partial charge is 0.472 e. The molecule has 0 aromatic rings. The van der Waals surface area contributed by atoms with Crippen LogP contribution in [0.15, 0.2) is 60.8 Å². The van der Waals surface area contributed by atoms with Gasteiger partial charge in [0.2, 0.25) is 0 Å². The van der Waals surface area contributed by atoms with Crippen molar-refractivity contribution in [2.24, 2.45) is 5.73 Å². The maximum Gasteiger partial charge on any atom is 0.472 e. The molecule has 3 atom stereocenters. The van der Waals surface area contributed by atoms with Crippen LogP contribution in [0.3, 0.4) is 0 Å². The predicted octanol–water partition coefficient (Wildman–Crippen LogP) is 10.7. The van der Waals surface area contributed by atoms with E-state index in [1.54, 1.807) is 0 Å². The van der Waals surface area contributed by atoms with E-state index in [4.69, 9.17) is 24.3 Å². The van der Waals surface area contributed by atoms with Crippen molar-refractivity contribution in [2.75, 3.05) is 26.4 Å². The minimum atomic E-state index is -4.40. The normalized spacial score (nSPS) is 14.5. The Morgan fingerprint density at radius 1 is 0.630 bits per heavy atom. The van der Waals surface area contributed by atoms with Crippen molar-refractivity contribution in [1.29, 1.82) is 0 Å². The summed E-state index contributed by atoms with van der Waals surface area (Å²) in [5.41, 5.74) is 5.33. The molecule has 54 heavy (non-hydrogen) atoms. The third-order valence-electron chi connectivity index (χ3n) is 8.54. The van der Waals surface area contributed by atoms with Crippen LogP contribution in [0, 0.1) is 0 Å². The lowest BCUT2D eigenvalue weighted by atomic mass is 10.1. The van der Waals surface area contributed by atoms with E-state index in [0.717, 1.165) is 70.6 Å². The zero-order valence-electron chi connectivity index (χ0n) is 33.8. The third-order valence-corrected chi connectivity index (χ3v) is 9.52. The van der Waals surface area contributed by atoms with Crippen LogP contribution < -0.4 is 5.73 Å². The Bertz CT molecular complexity index is 1090.